The Kier molecular flexibility index (Phi) is 5.76. The van der Waals surface area contributed by atoms with Crippen molar-refractivity contribution in [3.63, 3.8) is 0 Å². The fraction of sp³-hybridized carbons (Fsp3) is 0.200. The normalized spacial score (nSPS) is 11.6. The first-order chi connectivity index (χ1) is 13.1. The van der Waals surface area contributed by atoms with Crippen molar-refractivity contribution in [2.75, 3.05) is 0 Å². The fourth-order valence-corrected chi connectivity index (χ4v) is 3.99. The van der Waals surface area contributed by atoms with Gasteiger partial charge in [0.15, 0.2) is 5.78 Å². The van der Waals surface area contributed by atoms with E-state index in [1.807, 2.05) is 0 Å². The Labute approximate surface area is 168 Å². The van der Waals surface area contributed by atoms with Crippen LogP contribution in [0.15, 0.2) is 42.5 Å². The highest BCUT2D eigenvalue weighted by Gasteiger charge is 2.30. The number of benzene rings is 2. The van der Waals surface area contributed by atoms with Crippen molar-refractivity contribution in [2.24, 2.45) is 0 Å². The van der Waals surface area contributed by atoms with Gasteiger partial charge in [-0.05, 0) is 43.2 Å². The number of alkyl halides is 3. The highest BCUT2D eigenvalue weighted by atomic mass is 35.5. The monoisotopic (exact) mass is 425 g/mol. The van der Waals surface area contributed by atoms with Crippen LogP contribution >= 0.6 is 22.9 Å². The lowest BCUT2D eigenvalue weighted by Gasteiger charge is -2.06. The van der Waals surface area contributed by atoms with Crippen LogP contribution in [0.2, 0.25) is 5.02 Å². The maximum atomic E-state index is 12.7. The Morgan fingerprint density at radius 3 is 2.46 bits per heavy atom. The Balaban J connectivity index is 1.75. The zero-order chi connectivity index (χ0) is 20.5. The van der Waals surface area contributed by atoms with Gasteiger partial charge in [0.25, 0.3) is 0 Å². The lowest BCUT2D eigenvalue weighted by Crippen LogP contribution is -2.03. The number of halogens is 4. The summed E-state index contributed by atoms with van der Waals surface area (Å²) in [6.07, 6.45) is -3.78. The van der Waals surface area contributed by atoms with Gasteiger partial charge in [0.1, 0.15) is 10.8 Å². The van der Waals surface area contributed by atoms with Gasteiger partial charge in [0.2, 0.25) is 0 Å². The number of aromatic nitrogens is 1. The zero-order valence-electron chi connectivity index (χ0n) is 14.7. The van der Waals surface area contributed by atoms with E-state index in [1.54, 1.807) is 13.0 Å². The molecule has 0 atom stereocenters. The summed E-state index contributed by atoms with van der Waals surface area (Å²) >= 11 is 7.22. The molecular formula is C20H15ClF3NO2S. The molecule has 0 bridgehead atoms. The molecule has 0 saturated carbocycles. The minimum absolute atomic E-state index is 0.0551. The molecule has 28 heavy (non-hydrogen) atoms. The van der Waals surface area contributed by atoms with Crippen LogP contribution < -0.4 is 0 Å². The molecule has 0 aliphatic carbocycles. The second kappa shape index (κ2) is 7.93. The summed E-state index contributed by atoms with van der Waals surface area (Å²) in [7, 11) is 0. The largest absolute Gasteiger partial charge is 0.508 e. The number of nitrogens with zero attached hydrogens (tertiary/aromatic N) is 1. The van der Waals surface area contributed by atoms with Crippen LogP contribution in [0.4, 0.5) is 13.2 Å². The highest BCUT2D eigenvalue weighted by molar-refractivity contribution is 7.17. The third-order valence-corrected chi connectivity index (χ3v) is 5.77. The summed E-state index contributed by atoms with van der Waals surface area (Å²) in [5, 5.41) is 10.3. The number of hydrogen-bond donors (Lipinski definition) is 1. The van der Waals surface area contributed by atoms with Crippen LogP contribution in [0.1, 0.15) is 32.9 Å². The molecule has 0 radical (unpaired) electrons. The summed E-state index contributed by atoms with van der Waals surface area (Å²) in [5.41, 5.74) is 1.09. The van der Waals surface area contributed by atoms with Crippen LogP contribution in [-0.2, 0) is 12.6 Å². The standard InChI is InChI=1S/C20H15ClF3NO2S/c1-11-18(17(27)9-5-12-4-8-15(26)10-16(12)21)28-19(25-11)13-2-6-14(7-3-13)20(22,23)24/h2-4,6-8,10,26H,5,9H2,1H3. The number of phenolic OH excluding ortho intramolecular Hbond substituents is 1. The summed E-state index contributed by atoms with van der Waals surface area (Å²) < 4.78 is 38.1. The highest BCUT2D eigenvalue weighted by Crippen LogP contribution is 2.33. The average molecular weight is 426 g/mol. The Morgan fingerprint density at radius 1 is 1.18 bits per heavy atom. The summed E-state index contributed by atoms with van der Waals surface area (Å²) in [6, 6.07) is 9.30. The number of carbonyl (C=O) groups excluding carboxylic acids is 1. The Hall–Kier alpha value is -2.38. The number of rotatable bonds is 5. The average Bonchev–Trinajstić information content (AvgIpc) is 3.02. The van der Waals surface area contributed by atoms with Crippen LogP contribution in [0, 0.1) is 6.92 Å². The lowest BCUT2D eigenvalue weighted by atomic mass is 10.1. The predicted molar refractivity (Wildman–Crippen MR) is 103 cm³/mol. The number of carbonyl (C=O) groups is 1. The molecule has 0 fully saturated rings. The topological polar surface area (TPSA) is 50.2 Å². The van der Waals surface area contributed by atoms with Crippen LogP contribution in [0.5, 0.6) is 5.75 Å². The number of hydrogen-bond acceptors (Lipinski definition) is 4. The Morgan fingerprint density at radius 2 is 1.86 bits per heavy atom. The lowest BCUT2D eigenvalue weighted by molar-refractivity contribution is -0.137. The van der Waals surface area contributed by atoms with E-state index in [0.29, 0.717) is 32.6 Å². The van der Waals surface area contributed by atoms with Gasteiger partial charge in [-0.25, -0.2) is 4.98 Å². The summed E-state index contributed by atoms with van der Waals surface area (Å²) in [6.45, 7) is 1.70. The minimum atomic E-state index is -4.39. The van der Waals surface area contributed by atoms with Crippen molar-refractivity contribution in [1.29, 1.82) is 0 Å². The first-order valence-electron chi connectivity index (χ1n) is 8.31. The van der Waals surface area contributed by atoms with Gasteiger partial charge in [-0.3, -0.25) is 4.79 Å². The van der Waals surface area contributed by atoms with Crippen molar-refractivity contribution < 1.29 is 23.1 Å². The van der Waals surface area contributed by atoms with E-state index in [-0.39, 0.29) is 18.0 Å². The van der Waals surface area contributed by atoms with Crippen LogP contribution in [0.3, 0.4) is 0 Å². The molecule has 1 aromatic heterocycles. The van der Waals surface area contributed by atoms with Gasteiger partial charge in [0.05, 0.1) is 16.1 Å². The van der Waals surface area contributed by atoms with Crippen molar-refractivity contribution in [3.05, 3.63) is 69.2 Å². The first-order valence-corrected chi connectivity index (χ1v) is 9.50. The SMILES string of the molecule is Cc1nc(-c2ccc(C(F)(F)F)cc2)sc1C(=O)CCc1ccc(O)cc1Cl. The third kappa shape index (κ3) is 4.54. The predicted octanol–water partition coefficient (Wildman–Crippen LogP) is 6.31. The van der Waals surface area contributed by atoms with E-state index < -0.39 is 11.7 Å². The van der Waals surface area contributed by atoms with Crippen molar-refractivity contribution in [1.82, 2.24) is 4.98 Å². The van der Waals surface area contributed by atoms with Crippen molar-refractivity contribution >= 4 is 28.7 Å². The fourth-order valence-electron chi connectivity index (χ4n) is 2.68. The van der Waals surface area contributed by atoms with E-state index in [4.69, 9.17) is 11.6 Å². The number of phenols is 1. The number of ketones is 1. The summed E-state index contributed by atoms with van der Waals surface area (Å²) in [4.78, 5) is 17.4. The molecule has 3 aromatic rings. The number of aromatic hydroxyl groups is 1. The van der Waals surface area contributed by atoms with E-state index in [9.17, 15) is 23.1 Å². The maximum Gasteiger partial charge on any atom is 0.416 e. The van der Waals surface area contributed by atoms with Gasteiger partial charge >= 0.3 is 6.18 Å². The van der Waals surface area contributed by atoms with Crippen molar-refractivity contribution in [2.45, 2.75) is 25.9 Å². The van der Waals surface area contributed by atoms with E-state index in [2.05, 4.69) is 4.98 Å². The van der Waals surface area contributed by atoms with Gasteiger partial charge in [0, 0.05) is 17.0 Å². The second-order valence-corrected chi connectivity index (χ2v) is 7.61. The van der Waals surface area contributed by atoms with Crippen molar-refractivity contribution in [3.8, 4) is 16.3 Å². The molecule has 0 amide bonds. The number of aryl methyl sites for hydroxylation is 2. The second-order valence-electron chi connectivity index (χ2n) is 6.21. The van der Waals surface area contributed by atoms with Gasteiger partial charge in [-0.1, -0.05) is 29.8 Å². The molecule has 0 aliphatic rings. The van der Waals surface area contributed by atoms with Gasteiger partial charge < -0.3 is 5.11 Å². The van der Waals surface area contributed by atoms with Crippen LogP contribution in [0.25, 0.3) is 10.6 Å². The molecule has 0 spiro atoms. The zero-order valence-corrected chi connectivity index (χ0v) is 16.3. The smallest absolute Gasteiger partial charge is 0.416 e. The number of thiazole rings is 1. The maximum absolute atomic E-state index is 12.7. The minimum Gasteiger partial charge on any atom is -0.508 e. The molecular weight excluding hydrogens is 411 g/mol. The molecule has 3 nitrogen and oxygen atoms in total. The van der Waals surface area contributed by atoms with Gasteiger partial charge in [-0.2, -0.15) is 13.2 Å². The van der Waals surface area contributed by atoms with E-state index in [1.165, 1.54) is 24.3 Å². The molecule has 0 saturated heterocycles. The molecule has 2 aromatic carbocycles. The molecule has 0 unspecified atom stereocenters. The van der Waals surface area contributed by atoms with E-state index in [0.717, 1.165) is 29.0 Å². The number of Topliss-reactive ketones (excluding diaryl/α,β-unsaturated/α-hetero) is 1. The molecule has 8 heteroatoms. The van der Waals surface area contributed by atoms with E-state index >= 15 is 0 Å². The van der Waals surface area contributed by atoms with Crippen LogP contribution in [-0.4, -0.2) is 15.9 Å². The third-order valence-electron chi connectivity index (χ3n) is 4.17. The molecule has 146 valence electrons. The first kappa shape index (κ1) is 20.4. The summed E-state index contributed by atoms with van der Waals surface area (Å²) in [5.74, 6) is -0.0585. The molecule has 1 heterocycles. The van der Waals surface area contributed by atoms with Gasteiger partial charge in [-0.15, -0.1) is 11.3 Å². The molecule has 0 aliphatic heterocycles. The quantitative estimate of drug-likeness (QED) is 0.487. The Bertz CT molecular complexity index is 1010. The molecule has 1 N–H and O–H groups in total. The molecule has 3 rings (SSSR count).